The van der Waals surface area contributed by atoms with E-state index in [1.54, 1.807) is 18.3 Å². The van der Waals surface area contributed by atoms with Gasteiger partial charge in [0.15, 0.2) is 5.78 Å². The Hall–Kier alpha value is -4.04. The van der Waals surface area contributed by atoms with Gasteiger partial charge < -0.3 is 15.2 Å². The number of aromatic amines is 1. The molecule has 0 aliphatic carbocycles. The average Bonchev–Trinajstić information content (AvgIpc) is 3.31. The van der Waals surface area contributed by atoms with Gasteiger partial charge in [-0.3, -0.25) is 19.5 Å². The molecule has 4 aromatic rings. The van der Waals surface area contributed by atoms with Crippen molar-refractivity contribution in [3.63, 3.8) is 0 Å². The zero-order valence-corrected chi connectivity index (χ0v) is 20.4. The summed E-state index contributed by atoms with van der Waals surface area (Å²) in [6.45, 7) is 6.19. The number of hydrogen-bond acceptors (Lipinski definition) is 6. The normalized spacial score (nSPS) is 14.2. The van der Waals surface area contributed by atoms with E-state index in [1.165, 1.54) is 5.56 Å². The van der Waals surface area contributed by atoms with Crippen LogP contribution in [0.4, 0.5) is 5.82 Å². The number of ketones is 1. The summed E-state index contributed by atoms with van der Waals surface area (Å²) in [5.74, 6) is 0.306. The second kappa shape index (κ2) is 10.7. The van der Waals surface area contributed by atoms with Gasteiger partial charge in [-0.25, -0.2) is 4.98 Å². The average molecular weight is 483 g/mol. The topological polar surface area (TPSA) is 94.2 Å². The van der Waals surface area contributed by atoms with Crippen LogP contribution in [-0.2, 0) is 11.2 Å². The highest BCUT2D eigenvalue weighted by Crippen LogP contribution is 2.22. The summed E-state index contributed by atoms with van der Waals surface area (Å²) in [4.78, 5) is 42.0. The van der Waals surface area contributed by atoms with Crippen molar-refractivity contribution in [1.29, 1.82) is 0 Å². The highest BCUT2D eigenvalue weighted by Gasteiger charge is 2.22. The molecule has 1 fully saturated rings. The molecule has 0 atom stereocenters. The zero-order valence-electron chi connectivity index (χ0n) is 20.4. The van der Waals surface area contributed by atoms with Gasteiger partial charge in [0.1, 0.15) is 5.82 Å². The maximum Gasteiger partial charge on any atom is 0.242 e. The summed E-state index contributed by atoms with van der Waals surface area (Å²) in [7, 11) is 0. The molecule has 0 unspecified atom stereocenters. The van der Waals surface area contributed by atoms with Crippen molar-refractivity contribution in [2.24, 2.45) is 0 Å². The second-order valence-electron chi connectivity index (χ2n) is 9.14. The molecule has 36 heavy (non-hydrogen) atoms. The van der Waals surface area contributed by atoms with E-state index in [1.807, 2.05) is 60.7 Å². The predicted octanol–water partition coefficient (Wildman–Crippen LogP) is 3.30. The van der Waals surface area contributed by atoms with Crippen LogP contribution in [0.3, 0.4) is 0 Å². The first-order valence-electron chi connectivity index (χ1n) is 12.3. The van der Waals surface area contributed by atoms with Gasteiger partial charge in [-0.1, -0.05) is 12.1 Å². The Morgan fingerprint density at radius 3 is 2.64 bits per heavy atom. The maximum atomic E-state index is 13.3. The summed E-state index contributed by atoms with van der Waals surface area (Å²) in [6, 6.07) is 13.2. The van der Waals surface area contributed by atoms with Crippen molar-refractivity contribution in [2.75, 3.05) is 44.6 Å². The van der Waals surface area contributed by atoms with Gasteiger partial charge in [-0.2, -0.15) is 0 Å². The minimum Gasteiger partial charge on any atom is -0.361 e. The minimum atomic E-state index is -0.130. The Labute approximate surface area is 210 Å². The minimum absolute atomic E-state index is 0.0103. The largest absolute Gasteiger partial charge is 0.361 e. The number of nitrogens with zero attached hydrogens (tertiary/aromatic N) is 4. The van der Waals surface area contributed by atoms with Gasteiger partial charge in [0, 0.05) is 74.0 Å². The van der Waals surface area contributed by atoms with Gasteiger partial charge in [0.25, 0.3) is 0 Å². The highest BCUT2D eigenvalue weighted by molar-refractivity contribution is 6.13. The number of benzene rings is 1. The van der Waals surface area contributed by atoms with Gasteiger partial charge in [0.05, 0.1) is 12.1 Å². The smallest absolute Gasteiger partial charge is 0.242 e. The van der Waals surface area contributed by atoms with Crippen LogP contribution in [0.25, 0.3) is 10.9 Å². The molecule has 1 aliphatic heterocycles. The molecule has 8 heteroatoms. The van der Waals surface area contributed by atoms with E-state index in [2.05, 4.69) is 25.2 Å². The number of nitrogens with one attached hydrogen (secondary N) is 2. The number of rotatable bonds is 8. The lowest BCUT2D eigenvalue weighted by Gasteiger charge is -2.34. The van der Waals surface area contributed by atoms with Crippen LogP contribution < -0.4 is 5.32 Å². The Morgan fingerprint density at radius 1 is 1.03 bits per heavy atom. The molecule has 3 aromatic heterocycles. The molecule has 1 aromatic carbocycles. The molecule has 0 spiro atoms. The number of carbonyl (C=O) groups excluding carboxylic acids is 2. The highest BCUT2D eigenvalue weighted by atomic mass is 16.2. The van der Waals surface area contributed by atoms with Crippen LogP contribution in [0.2, 0.25) is 0 Å². The molecular weight excluding hydrogens is 452 g/mol. The molecule has 5 rings (SSSR count). The van der Waals surface area contributed by atoms with Gasteiger partial charge in [0.2, 0.25) is 5.91 Å². The lowest BCUT2D eigenvalue weighted by Crippen LogP contribution is -2.50. The molecule has 1 aliphatic rings. The van der Waals surface area contributed by atoms with Crippen LogP contribution in [-0.4, -0.2) is 75.7 Å². The number of piperazine rings is 1. The summed E-state index contributed by atoms with van der Waals surface area (Å²) in [5, 5.41) is 4.21. The first-order chi connectivity index (χ1) is 17.6. The quantitative estimate of drug-likeness (QED) is 0.374. The molecule has 0 radical (unpaired) electrons. The van der Waals surface area contributed by atoms with Crippen LogP contribution in [0, 0.1) is 6.92 Å². The fourth-order valence-corrected chi connectivity index (χ4v) is 4.63. The number of pyridine rings is 2. The van der Waals surface area contributed by atoms with Crippen LogP contribution >= 0.6 is 0 Å². The summed E-state index contributed by atoms with van der Waals surface area (Å²) in [6.07, 6.45) is 8.18. The molecule has 1 saturated heterocycles. The number of carbonyl (C=O) groups is 2. The number of H-pyrrole nitrogens is 1. The number of aryl methyl sites for hydroxylation is 1. The third-order valence-electron chi connectivity index (χ3n) is 6.80. The Kier molecular flexibility index (Phi) is 7.04. The lowest BCUT2D eigenvalue weighted by molar-refractivity contribution is -0.131. The molecule has 8 nitrogen and oxygen atoms in total. The second-order valence-corrected chi connectivity index (χ2v) is 9.14. The van der Waals surface area contributed by atoms with Gasteiger partial charge >= 0.3 is 0 Å². The number of hydrogen-bond donors (Lipinski definition) is 2. The SMILES string of the molecule is Cc1c[nH]c2cc(C(=O)c3cccnc3NCC(=O)N3CCN(CCc4ccncc4)CC3)ccc12. The Morgan fingerprint density at radius 2 is 1.83 bits per heavy atom. The number of amides is 1. The molecule has 4 heterocycles. The lowest BCUT2D eigenvalue weighted by atomic mass is 10.0. The maximum absolute atomic E-state index is 13.3. The third kappa shape index (κ3) is 5.28. The summed E-state index contributed by atoms with van der Waals surface area (Å²) >= 11 is 0. The van der Waals surface area contributed by atoms with Crippen molar-refractivity contribution in [2.45, 2.75) is 13.3 Å². The molecule has 0 saturated carbocycles. The van der Waals surface area contributed by atoms with Crippen molar-refractivity contribution in [3.8, 4) is 0 Å². The molecular formula is C28H30N6O2. The van der Waals surface area contributed by atoms with E-state index in [4.69, 9.17) is 0 Å². The van der Waals surface area contributed by atoms with Crippen LogP contribution in [0.5, 0.6) is 0 Å². The van der Waals surface area contributed by atoms with Crippen molar-refractivity contribution >= 4 is 28.4 Å². The van der Waals surface area contributed by atoms with Crippen LogP contribution in [0.1, 0.15) is 27.0 Å². The van der Waals surface area contributed by atoms with E-state index in [9.17, 15) is 9.59 Å². The summed E-state index contributed by atoms with van der Waals surface area (Å²) < 4.78 is 0. The van der Waals surface area contributed by atoms with Gasteiger partial charge in [-0.05, 0) is 54.8 Å². The third-order valence-corrected chi connectivity index (χ3v) is 6.80. The predicted molar refractivity (Wildman–Crippen MR) is 140 cm³/mol. The van der Waals surface area contributed by atoms with Crippen LogP contribution in [0.15, 0.2) is 67.3 Å². The zero-order chi connectivity index (χ0) is 24.9. The standard InChI is InChI=1S/C28H30N6O2/c1-20-18-31-25-17-22(4-5-23(20)25)27(36)24-3-2-9-30-28(24)32-19-26(35)34-15-13-33(14-16-34)12-8-21-6-10-29-11-7-21/h2-7,9-11,17-18,31H,8,12-16,19H2,1H3,(H,30,32). The van der Waals surface area contributed by atoms with E-state index in [0.29, 0.717) is 30.0 Å². The van der Waals surface area contributed by atoms with Crippen molar-refractivity contribution in [3.05, 3.63) is 89.5 Å². The first kappa shape index (κ1) is 23.7. The number of aromatic nitrogens is 3. The van der Waals surface area contributed by atoms with E-state index in [0.717, 1.165) is 42.5 Å². The molecule has 1 amide bonds. The molecule has 184 valence electrons. The van der Waals surface area contributed by atoms with Crippen molar-refractivity contribution < 1.29 is 9.59 Å². The van der Waals surface area contributed by atoms with E-state index >= 15 is 0 Å². The summed E-state index contributed by atoms with van der Waals surface area (Å²) in [5.41, 5.74) is 4.37. The first-order valence-corrected chi connectivity index (χ1v) is 12.3. The van der Waals surface area contributed by atoms with Gasteiger partial charge in [-0.15, -0.1) is 0 Å². The fourth-order valence-electron chi connectivity index (χ4n) is 4.63. The number of anilines is 1. The Balaban J connectivity index is 1.16. The monoisotopic (exact) mass is 482 g/mol. The van der Waals surface area contributed by atoms with E-state index in [-0.39, 0.29) is 18.2 Å². The molecule has 0 bridgehead atoms. The number of fused-ring (bicyclic) bond motifs is 1. The fraction of sp³-hybridized carbons (Fsp3) is 0.286. The Bertz CT molecular complexity index is 1360. The van der Waals surface area contributed by atoms with E-state index < -0.39 is 0 Å². The van der Waals surface area contributed by atoms with Crippen molar-refractivity contribution in [1.82, 2.24) is 24.8 Å². The molecule has 2 N–H and O–H groups in total.